The van der Waals surface area contributed by atoms with Gasteiger partial charge in [0.2, 0.25) is 5.91 Å². The highest BCUT2D eigenvalue weighted by atomic mass is 16.5. The Morgan fingerprint density at radius 1 is 1.17 bits per heavy atom. The Kier molecular flexibility index (Phi) is 4.48. The molecule has 4 nitrogen and oxygen atoms in total. The summed E-state index contributed by atoms with van der Waals surface area (Å²) < 4.78 is 4.49. The van der Waals surface area contributed by atoms with Gasteiger partial charge in [-0.3, -0.25) is 9.59 Å². The molecule has 0 bridgehead atoms. The number of carbonyl (C=O) groups is 2. The van der Waals surface area contributed by atoms with E-state index in [1.807, 2.05) is 32.9 Å². The molecule has 1 rings (SSSR count). The number of hydrogen-bond acceptors (Lipinski definition) is 3. The fraction of sp³-hybridized carbons (Fsp3) is 0.429. The lowest BCUT2D eigenvalue weighted by Crippen LogP contribution is -2.29. The van der Waals surface area contributed by atoms with Gasteiger partial charge in [0.1, 0.15) is 6.42 Å². The Morgan fingerprint density at radius 3 is 2.33 bits per heavy atom. The second kappa shape index (κ2) is 5.67. The van der Waals surface area contributed by atoms with Crippen LogP contribution in [-0.2, 0) is 14.3 Å². The molecule has 0 saturated heterocycles. The second-order valence-corrected chi connectivity index (χ2v) is 4.36. The van der Waals surface area contributed by atoms with E-state index in [0.29, 0.717) is 0 Å². The maximum absolute atomic E-state index is 11.9. The van der Waals surface area contributed by atoms with Crippen molar-refractivity contribution in [2.24, 2.45) is 0 Å². The first kappa shape index (κ1) is 14.2. The maximum atomic E-state index is 11.9. The van der Waals surface area contributed by atoms with Crippen molar-refractivity contribution in [3.63, 3.8) is 0 Å². The van der Waals surface area contributed by atoms with Gasteiger partial charge in [-0.05, 0) is 43.5 Å². The molecule has 0 unspecified atom stereocenters. The van der Waals surface area contributed by atoms with E-state index in [1.54, 1.807) is 7.05 Å². The number of rotatable bonds is 3. The van der Waals surface area contributed by atoms with Crippen molar-refractivity contribution in [3.05, 3.63) is 28.8 Å². The number of amides is 1. The van der Waals surface area contributed by atoms with Crippen molar-refractivity contribution in [2.45, 2.75) is 27.2 Å². The number of nitrogens with zero attached hydrogens (tertiary/aromatic N) is 1. The molecule has 4 heteroatoms. The monoisotopic (exact) mass is 249 g/mol. The molecule has 0 aromatic heterocycles. The fourth-order valence-electron chi connectivity index (χ4n) is 1.75. The van der Waals surface area contributed by atoms with Crippen molar-refractivity contribution >= 4 is 17.6 Å². The normalized spacial score (nSPS) is 10.1. The van der Waals surface area contributed by atoms with Gasteiger partial charge in [-0.2, -0.15) is 0 Å². The number of methoxy groups -OCH3 is 1. The van der Waals surface area contributed by atoms with Crippen molar-refractivity contribution in [1.29, 1.82) is 0 Å². The van der Waals surface area contributed by atoms with Crippen LogP contribution in [0, 0.1) is 20.8 Å². The zero-order valence-electron chi connectivity index (χ0n) is 11.5. The maximum Gasteiger partial charge on any atom is 0.315 e. The molecule has 0 heterocycles. The van der Waals surface area contributed by atoms with Crippen LogP contribution < -0.4 is 4.90 Å². The SMILES string of the molecule is COC(=O)CC(=O)N(C)c1ccc(C)c(C)c1C. The van der Waals surface area contributed by atoms with E-state index < -0.39 is 5.97 Å². The van der Waals surface area contributed by atoms with E-state index in [9.17, 15) is 9.59 Å². The number of benzene rings is 1. The molecule has 98 valence electrons. The smallest absolute Gasteiger partial charge is 0.315 e. The summed E-state index contributed by atoms with van der Waals surface area (Å²) >= 11 is 0. The van der Waals surface area contributed by atoms with Crippen LogP contribution in [0.4, 0.5) is 5.69 Å². The first-order chi connectivity index (χ1) is 8.38. The lowest BCUT2D eigenvalue weighted by atomic mass is 10.0. The van der Waals surface area contributed by atoms with E-state index in [2.05, 4.69) is 4.74 Å². The van der Waals surface area contributed by atoms with Crippen LogP contribution in [0.2, 0.25) is 0 Å². The lowest BCUT2D eigenvalue weighted by molar-refractivity contribution is -0.143. The molecule has 1 aromatic rings. The minimum Gasteiger partial charge on any atom is -0.469 e. The highest BCUT2D eigenvalue weighted by molar-refractivity contribution is 6.03. The van der Waals surface area contributed by atoms with E-state index in [4.69, 9.17) is 0 Å². The molecule has 0 saturated carbocycles. The molecule has 0 fully saturated rings. The number of anilines is 1. The van der Waals surface area contributed by atoms with Gasteiger partial charge in [0.15, 0.2) is 0 Å². The molecule has 0 atom stereocenters. The Hall–Kier alpha value is -1.84. The van der Waals surface area contributed by atoms with E-state index in [1.165, 1.54) is 17.6 Å². The van der Waals surface area contributed by atoms with Gasteiger partial charge in [-0.25, -0.2) is 0 Å². The molecule has 1 amide bonds. The topological polar surface area (TPSA) is 46.6 Å². The van der Waals surface area contributed by atoms with Gasteiger partial charge in [-0.15, -0.1) is 0 Å². The van der Waals surface area contributed by atoms with Gasteiger partial charge < -0.3 is 9.64 Å². The van der Waals surface area contributed by atoms with Crippen LogP contribution in [0.5, 0.6) is 0 Å². The number of hydrogen-bond donors (Lipinski definition) is 0. The highest BCUT2D eigenvalue weighted by Crippen LogP contribution is 2.24. The highest BCUT2D eigenvalue weighted by Gasteiger charge is 2.17. The van der Waals surface area contributed by atoms with Gasteiger partial charge in [0.25, 0.3) is 0 Å². The van der Waals surface area contributed by atoms with Crippen LogP contribution >= 0.6 is 0 Å². The molecule has 0 aliphatic rings. The quantitative estimate of drug-likeness (QED) is 0.609. The van der Waals surface area contributed by atoms with Crippen LogP contribution in [0.15, 0.2) is 12.1 Å². The minimum absolute atomic E-state index is 0.237. The third-order valence-electron chi connectivity index (χ3n) is 3.29. The second-order valence-electron chi connectivity index (χ2n) is 4.36. The average molecular weight is 249 g/mol. The molecule has 0 spiro atoms. The average Bonchev–Trinajstić information content (AvgIpc) is 2.35. The summed E-state index contributed by atoms with van der Waals surface area (Å²) in [7, 11) is 2.94. The van der Waals surface area contributed by atoms with Crippen molar-refractivity contribution in [1.82, 2.24) is 0 Å². The molecule has 0 aliphatic carbocycles. The van der Waals surface area contributed by atoms with Gasteiger partial charge in [-0.1, -0.05) is 6.07 Å². The van der Waals surface area contributed by atoms with Crippen molar-refractivity contribution in [2.75, 3.05) is 19.1 Å². The predicted molar refractivity (Wildman–Crippen MR) is 70.7 cm³/mol. The zero-order valence-corrected chi connectivity index (χ0v) is 11.5. The summed E-state index contributed by atoms with van der Waals surface area (Å²) in [6.07, 6.45) is -0.237. The van der Waals surface area contributed by atoms with Crippen LogP contribution in [0.3, 0.4) is 0 Å². The molecular weight excluding hydrogens is 230 g/mol. The fourth-order valence-corrected chi connectivity index (χ4v) is 1.75. The summed E-state index contributed by atoms with van der Waals surface area (Å²) in [6.45, 7) is 6.02. The van der Waals surface area contributed by atoms with E-state index >= 15 is 0 Å². The summed E-state index contributed by atoms with van der Waals surface area (Å²) in [5.41, 5.74) is 4.22. The molecular formula is C14H19NO3. The Bertz CT molecular complexity index is 480. The predicted octanol–water partition coefficient (Wildman–Crippen LogP) is 2.14. The Labute approximate surface area is 108 Å². The van der Waals surface area contributed by atoms with Gasteiger partial charge in [0, 0.05) is 12.7 Å². The molecule has 0 N–H and O–H groups in total. The summed E-state index contributed by atoms with van der Waals surface area (Å²) in [4.78, 5) is 24.5. The number of esters is 1. The van der Waals surface area contributed by atoms with Gasteiger partial charge in [0.05, 0.1) is 7.11 Å². The molecule has 0 radical (unpaired) electrons. The minimum atomic E-state index is -0.520. The summed E-state index contributed by atoms with van der Waals surface area (Å²) in [5, 5.41) is 0. The number of aryl methyl sites for hydroxylation is 1. The first-order valence-corrected chi connectivity index (χ1v) is 5.78. The largest absolute Gasteiger partial charge is 0.469 e. The third kappa shape index (κ3) is 2.88. The molecule has 1 aromatic carbocycles. The summed E-state index contributed by atoms with van der Waals surface area (Å²) in [5.74, 6) is -0.790. The van der Waals surface area contributed by atoms with Crippen molar-refractivity contribution in [3.8, 4) is 0 Å². The van der Waals surface area contributed by atoms with E-state index in [0.717, 1.165) is 16.8 Å². The number of carbonyl (C=O) groups excluding carboxylic acids is 2. The molecule has 18 heavy (non-hydrogen) atoms. The van der Waals surface area contributed by atoms with Crippen LogP contribution in [0.1, 0.15) is 23.1 Å². The number of ether oxygens (including phenoxy) is 1. The standard InChI is InChI=1S/C14H19NO3/c1-9-6-7-12(11(3)10(9)2)15(4)13(16)8-14(17)18-5/h6-7H,8H2,1-5H3. The Balaban J connectivity index is 2.97. The van der Waals surface area contributed by atoms with Crippen LogP contribution in [0.25, 0.3) is 0 Å². The first-order valence-electron chi connectivity index (χ1n) is 5.78. The van der Waals surface area contributed by atoms with Gasteiger partial charge >= 0.3 is 5.97 Å². The zero-order chi connectivity index (χ0) is 13.9. The van der Waals surface area contributed by atoms with Crippen LogP contribution in [-0.4, -0.2) is 26.0 Å². The lowest BCUT2D eigenvalue weighted by Gasteiger charge is -2.21. The summed E-state index contributed by atoms with van der Waals surface area (Å²) in [6, 6.07) is 3.87. The van der Waals surface area contributed by atoms with E-state index in [-0.39, 0.29) is 12.3 Å². The van der Waals surface area contributed by atoms with Crippen molar-refractivity contribution < 1.29 is 14.3 Å². The molecule has 0 aliphatic heterocycles. The third-order valence-corrected chi connectivity index (χ3v) is 3.29. The Morgan fingerprint density at radius 2 is 1.78 bits per heavy atom.